The first-order valence-corrected chi connectivity index (χ1v) is 10.2. The smallest absolute Gasteiger partial charge is 0.273 e. The number of hydrogen-bond acceptors (Lipinski definition) is 5. The first kappa shape index (κ1) is 17.6. The molecule has 6 nitrogen and oxygen atoms in total. The Morgan fingerprint density at radius 3 is 2.76 bits per heavy atom. The fourth-order valence-corrected chi connectivity index (χ4v) is 4.78. The van der Waals surface area contributed by atoms with Gasteiger partial charge in [-0.1, -0.05) is 12.5 Å². The first-order valence-electron chi connectivity index (χ1n) is 7.93. The van der Waals surface area contributed by atoms with Crippen molar-refractivity contribution in [2.75, 3.05) is 0 Å². The van der Waals surface area contributed by atoms with Gasteiger partial charge >= 0.3 is 0 Å². The van der Waals surface area contributed by atoms with Gasteiger partial charge in [-0.15, -0.1) is 16.2 Å². The number of aryl methyl sites for hydroxylation is 2. The van der Waals surface area contributed by atoms with Crippen LogP contribution in [-0.2, 0) is 22.9 Å². The molecule has 0 bridgehead atoms. The molecule has 0 radical (unpaired) electrons. The first-order chi connectivity index (χ1) is 12.0. The van der Waals surface area contributed by atoms with E-state index in [4.69, 9.17) is 5.26 Å². The van der Waals surface area contributed by atoms with Crippen molar-refractivity contribution in [2.45, 2.75) is 37.0 Å². The molecule has 0 unspecified atom stereocenters. The summed E-state index contributed by atoms with van der Waals surface area (Å²) in [6.45, 7) is 0. The highest BCUT2D eigenvalue weighted by molar-refractivity contribution is 7.89. The molecule has 8 heteroatoms. The van der Waals surface area contributed by atoms with Crippen LogP contribution < -0.4 is 10.3 Å². The lowest BCUT2D eigenvalue weighted by Crippen LogP contribution is -2.41. The van der Waals surface area contributed by atoms with Crippen LogP contribution >= 0.6 is 11.3 Å². The fraction of sp³-hybridized carbons (Fsp3) is 0.294. The summed E-state index contributed by atoms with van der Waals surface area (Å²) < 4.78 is 24.5. The zero-order valence-corrected chi connectivity index (χ0v) is 15.0. The highest BCUT2D eigenvalue weighted by Gasteiger charge is 2.19. The van der Waals surface area contributed by atoms with Crippen LogP contribution in [0.15, 0.2) is 35.2 Å². The van der Waals surface area contributed by atoms with E-state index in [1.165, 1.54) is 52.5 Å². The Morgan fingerprint density at radius 1 is 1.16 bits per heavy atom. The van der Waals surface area contributed by atoms with Gasteiger partial charge in [0.05, 0.1) is 21.4 Å². The van der Waals surface area contributed by atoms with E-state index < -0.39 is 15.9 Å². The molecule has 1 heterocycles. The molecule has 130 valence electrons. The Bertz CT molecular complexity index is 919. The van der Waals surface area contributed by atoms with Crippen LogP contribution in [0, 0.1) is 11.3 Å². The van der Waals surface area contributed by atoms with Crippen LogP contribution in [0.3, 0.4) is 0 Å². The number of benzene rings is 1. The average molecular weight is 375 g/mol. The summed E-state index contributed by atoms with van der Waals surface area (Å²) in [7, 11) is -3.93. The van der Waals surface area contributed by atoms with Gasteiger partial charge in [0, 0.05) is 4.88 Å². The molecule has 1 amide bonds. The summed E-state index contributed by atoms with van der Waals surface area (Å²) in [5, 5.41) is 8.86. The predicted octanol–water partition coefficient (Wildman–Crippen LogP) is 2.51. The summed E-state index contributed by atoms with van der Waals surface area (Å²) in [4.78, 5) is 16.0. The lowest BCUT2D eigenvalue weighted by molar-refractivity contribution is 0.0949. The van der Waals surface area contributed by atoms with Crippen LogP contribution in [0.5, 0.6) is 0 Å². The molecule has 1 aliphatic rings. The van der Waals surface area contributed by atoms with E-state index in [9.17, 15) is 13.2 Å². The molecule has 1 aromatic heterocycles. The second kappa shape index (κ2) is 7.35. The maximum absolute atomic E-state index is 12.3. The molecular weight excluding hydrogens is 358 g/mol. The van der Waals surface area contributed by atoms with E-state index in [2.05, 4.69) is 10.3 Å². The van der Waals surface area contributed by atoms with Crippen molar-refractivity contribution in [3.63, 3.8) is 0 Å². The van der Waals surface area contributed by atoms with Gasteiger partial charge in [0.15, 0.2) is 0 Å². The number of nitrogens with one attached hydrogen (secondary N) is 2. The van der Waals surface area contributed by atoms with Crippen molar-refractivity contribution in [3.8, 4) is 6.07 Å². The SMILES string of the molecule is N#Cc1cccc(S(=O)(=O)NNC(=O)c2cc3c(s2)CCCCC3)c1. The molecular formula is C17H17N3O3S2. The zero-order chi connectivity index (χ0) is 17.9. The van der Waals surface area contributed by atoms with Crippen molar-refractivity contribution < 1.29 is 13.2 Å². The molecule has 2 aromatic rings. The highest BCUT2D eigenvalue weighted by atomic mass is 32.2. The molecule has 1 aromatic carbocycles. The van der Waals surface area contributed by atoms with E-state index in [0.717, 1.165) is 25.7 Å². The summed E-state index contributed by atoms with van der Waals surface area (Å²) in [5.41, 5.74) is 3.68. The Morgan fingerprint density at radius 2 is 1.96 bits per heavy atom. The largest absolute Gasteiger partial charge is 0.276 e. The van der Waals surface area contributed by atoms with Gasteiger partial charge in [0.25, 0.3) is 15.9 Å². The average Bonchev–Trinajstić information content (AvgIpc) is 2.90. The van der Waals surface area contributed by atoms with Gasteiger partial charge in [-0.05, 0) is 55.5 Å². The number of fused-ring (bicyclic) bond motifs is 1. The molecule has 0 saturated heterocycles. The number of hydrazine groups is 1. The second-order valence-electron chi connectivity index (χ2n) is 5.82. The van der Waals surface area contributed by atoms with Gasteiger partial charge in [-0.25, -0.2) is 8.42 Å². The minimum atomic E-state index is -3.93. The third-order valence-electron chi connectivity index (χ3n) is 4.04. The number of carbonyl (C=O) groups excluding carboxylic acids is 1. The molecule has 0 atom stereocenters. The van der Waals surface area contributed by atoms with Gasteiger partial charge < -0.3 is 0 Å². The van der Waals surface area contributed by atoms with E-state index in [1.54, 1.807) is 0 Å². The van der Waals surface area contributed by atoms with Crippen molar-refractivity contribution in [1.82, 2.24) is 10.3 Å². The maximum Gasteiger partial charge on any atom is 0.276 e. The third-order valence-corrected chi connectivity index (χ3v) is 6.52. The second-order valence-corrected chi connectivity index (χ2v) is 8.64. The van der Waals surface area contributed by atoms with Crippen molar-refractivity contribution >= 4 is 27.3 Å². The van der Waals surface area contributed by atoms with E-state index in [1.807, 2.05) is 12.1 Å². The van der Waals surface area contributed by atoms with E-state index >= 15 is 0 Å². The Balaban J connectivity index is 1.70. The lowest BCUT2D eigenvalue weighted by atomic mass is 10.1. The molecule has 0 spiro atoms. The molecule has 0 aliphatic heterocycles. The summed E-state index contributed by atoms with van der Waals surface area (Å²) in [6, 6.07) is 9.34. The number of nitriles is 1. The Kier molecular flexibility index (Phi) is 5.18. The number of amides is 1. The third kappa shape index (κ3) is 4.07. The molecule has 0 saturated carbocycles. The van der Waals surface area contributed by atoms with Gasteiger partial charge in [0.2, 0.25) is 0 Å². The van der Waals surface area contributed by atoms with Crippen molar-refractivity contribution in [1.29, 1.82) is 5.26 Å². The van der Waals surface area contributed by atoms with Gasteiger partial charge in [-0.3, -0.25) is 10.2 Å². The molecule has 2 N–H and O–H groups in total. The van der Waals surface area contributed by atoms with Crippen LogP contribution in [0.1, 0.15) is 44.9 Å². The molecule has 25 heavy (non-hydrogen) atoms. The van der Waals surface area contributed by atoms with Crippen LogP contribution in [0.4, 0.5) is 0 Å². The molecule has 1 aliphatic carbocycles. The maximum atomic E-state index is 12.3. The van der Waals surface area contributed by atoms with Crippen LogP contribution in [0.25, 0.3) is 0 Å². The fourth-order valence-electron chi connectivity index (χ4n) is 2.75. The Labute approximate surface area is 150 Å². The monoisotopic (exact) mass is 375 g/mol. The number of thiophene rings is 1. The van der Waals surface area contributed by atoms with E-state index in [0.29, 0.717) is 4.88 Å². The molecule has 0 fully saturated rings. The number of hydrogen-bond donors (Lipinski definition) is 2. The highest BCUT2D eigenvalue weighted by Crippen LogP contribution is 2.28. The number of rotatable bonds is 4. The minimum absolute atomic E-state index is 0.0752. The van der Waals surface area contributed by atoms with Crippen molar-refractivity contribution in [2.24, 2.45) is 0 Å². The Hall–Kier alpha value is -2.21. The minimum Gasteiger partial charge on any atom is -0.273 e. The summed E-state index contributed by atoms with van der Waals surface area (Å²) in [6.07, 6.45) is 5.37. The molecule has 3 rings (SSSR count). The van der Waals surface area contributed by atoms with Crippen molar-refractivity contribution in [3.05, 3.63) is 51.2 Å². The predicted molar refractivity (Wildman–Crippen MR) is 94.5 cm³/mol. The van der Waals surface area contributed by atoms with Gasteiger partial charge in [0.1, 0.15) is 0 Å². The number of sulfonamides is 1. The lowest BCUT2D eigenvalue weighted by Gasteiger charge is -2.07. The quantitative estimate of drug-likeness (QED) is 0.633. The van der Waals surface area contributed by atoms with E-state index in [-0.39, 0.29) is 10.5 Å². The normalized spacial score (nSPS) is 14.2. The number of nitrogens with zero attached hydrogens (tertiary/aromatic N) is 1. The summed E-state index contributed by atoms with van der Waals surface area (Å²) >= 11 is 1.42. The topological polar surface area (TPSA) is 99.1 Å². The number of carbonyl (C=O) groups is 1. The summed E-state index contributed by atoms with van der Waals surface area (Å²) in [5.74, 6) is -0.474. The van der Waals surface area contributed by atoms with Gasteiger partial charge in [-0.2, -0.15) is 5.26 Å². The zero-order valence-electron chi connectivity index (χ0n) is 13.4. The van der Waals surface area contributed by atoms with Crippen LogP contribution in [-0.4, -0.2) is 14.3 Å². The van der Waals surface area contributed by atoms with Crippen LogP contribution in [0.2, 0.25) is 0 Å². The standard InChI is InChI=1S/C17H17N3O3S2/c18-11-12-5-4-7-14(9-12)25(22,23)20-19-17(21)16-10-13-6-2-1-3-8-15(13)24-16/h4-5,7,9-10,20H,1-3,6,8H2,(H,19,21).